The van der Waals surface area contributed by atoms with E-state index in [1.165, 1.54) is 12.1 Å². The summed E-state index contributed by atoms with van der Waals surface area (Å²) in [7, 11) is 0. The van der Waals surface area contributed by atoms with E-state index in [0.717, 1.165) is 17.7 Å². The van der Waals surface area contributed by atoms with E-state index in [9.17, 15) is 4.39 Å². The molecule has 1 atom stereocenters. The van der Waals surface area contributed by atoms with Crippen LogP contribution in [0.2, 0.25) is 10.0 Å². The Kier molecular flexibility index (Phi) is 3.72. The van der Waals surface area contributed by atoms with Gasteiger partial charge in [0.25, 0.3) is 0 Å². The van der Waals surface area contributed by atoms with Gasteiger partial charge in [-0.1, -0.05) is 23.2 Å². The Morgan fingerprint density at radius 1 is 1.20 bits per heavy atom. The molecule has 0 bridgehead atoms. The molecular weight excluding hydrogens is 300 g/mol. The van der Waals surface area contributed by atoms with Crippen molar-refractivity contribution >= 4 is 28.9 Å². The number of rotatable bonds is 3. The number of hydrogen-bond donors (Lipinski definition) is 1. The van der Waals surface area contributed by atoms with Crippen molar-refractivity contribution in [3.05, 3.63) is 57.8 Å². The molecule has 0 amide bonds. The van der Waals surface area contributed by atoms with Crippen molar-refractivity contribution in [3.8, 4) is 5.75 Å². The van der Waals surface area contributed by atoms with Crippen LogP contribution in [0.4, 0.5) is 10.1 Å². The monoisotopic (exact) mass is 311 g/mol. The van der Waals surface area contributed by atoms with Crippen LogP contribution in [0.15, 0.2) is 36.4 Å². The van der Waals surface area contributed by atoms with E-state index in [4.69, 9.17) is 27.9 Å². The van der Waals surface area contributed by atoms with Crippen molar-refractivity contribution in [2.24, 2.45) is 0 Å². The Bertz CT molecular complexity index is 648. The molecule has 0 saturated carbocycles. The van der Waals surface area contributed by atoms with Gasteiger partial charge in [0.15, 0.2) is 0 Å². The lowest BCUT2D eigenvalue weighted by Crippen LogP contribution is -2.24. The van der Waals surface area contributed by atoms with E-state index in [1.54, 1.807) is 6.07 Å². The normalized spacial score (nSPS) is 16.6. The van der Waals surface area contributed by atoms with Crippen LogP contribution >= 0.6 is 23.2 Å². The molecule has 1 aliphatic rings. The van der Waals surface area contributed by atoms with Crippen LogP contribution in [-0.4, -0.2) is 12.6 Å². The topological polar surface area (TPSA) is 21.3 Å². The van der Waals surface area contributed by atoms with Crippen LogP contribution in [0.1, 0.15) is 5.56 Å². The standard InChI is InChI=1S/C15H12Cl2FNO/c16-10-1-4-15-9(5-10)6-12(20-15)8-19-14-3-2-11(18)7-13(14)17/h1-5,7,12,19H,6,8H2. The zero-order valence-electron chi connectivity index (χ0n) is 10.5. The molecule has 104 valence electrons. The smallest absolute Gasteiger partial charge is 0.124 e. The average molecular weight is 312 g/mol. The third kappa shape index (κ3) is 2.84. The SMILES string of the molecule is Fc1ccc(NCC2Cc3cc(Cl)ccc3O2)c(Cl)c1. The molecule has 1 heterocycles. The average Bonchev–Trinajstić information content (AvgIpc) is 2.79. The Balaban J connectivity index is 1.63. The Morgan fingerprint density at radius 3 is 2.85 bits per heavy atom. The summed E-state index contributed by atoms with van der Waals surface area (Å²) in [5.74, 6) is 0.520. The molecule has 3 rings (SSSR count). The molecule has 0 spiro atoms. The van der Waals surface area contributed by atoms with Gasteiger partial charge in [-0.25, -0.2) is 4.39 Å². The second kappa shape index (κ2) is 5.51. The van der Waals surface area contributed by atoms with Crippen molar-refractivity contribution in [3.63, 3.8) is 0 Å². The van der Waals surface area contributed by atoms with Crippen molar-refractivity contribution in [2.75, 3.05) is 11.9 Å². The third-order valence-corrected chi connectivity index (χ3v) is 3.76. The van der Waals surface area contributed by atoms with Gasteiger partial charge in [0.05, 0.1) is 17.3 Å². The summed E-state index contributed by atoms with van der Waals surface area (Å²) in [6.07, 6.45) is 0.811. The zero-order chi connectivity index (χ0) is 14.1. The largest absolute Gasteiger partial charge is 0.488 e. The molecule has 1 N–H and O–H groups in total. The van der Waals surface area contributed by atoms with E-state index in [0.29, 0.717) is 22.3 Å². The number of anilines is 1. The molecule has 1 aliphatic heterocycles. The molecule has 5 heteroatoms. The van der Waals surface area contributed by atoms with Crippen molar-refractivity contribution in [1.82, 2.24) is 0 Å². The highest BCUT2D eigenvalue weighted by Gasteiger charge is 2.22. The Labute approximate surface area is 126 Å². The minimum absolute atomic E-state index is 0.0181. The molecule has 2 nitrogen and oxygen atoms in total. The number of fused-ring (bicyclic) bond motifs is 1. The number of ether oxygens (including phenoxy) is 1. The van der Waals surface area contributed by atoms with Crippen molar-refractivity contribution in [1.29, 1.82) is 0 Å². The predicted octanol–water partition coefficient (Wildman–Crippen LogP) is 4.55. The highest BCUT2D eigenvalue weighted by Crippen LogP contribution is 2.31. The van der Waals surface area contributed by atoms with Crippen LogP contribution in [0.25, 0.3) is 0 Å². The van der Waals surface area contributed by atoms with Gasteiger partial charge in [-0.2, -0.15) is 0 Å². The molecule has 1 unspecified atom stereocenters. The van der Waals surface area contributed by atoms with Crippen molar-refractivity contribution in [2.45, 2.75) is 12.5 Å². The lowest BCUT2D eigenvalue weighted by Gasteiger charge is -2.13. The number of nitrogens with one attached hydrogen (secondary N) is 1. The van der Waals surface area contributed by atoms with Crippen LogP contribution < -0.4 is 10.1 Å². The predicted molar refractivity (Wildman–Crippen MR) is 79.5 cm³/mol. The molecule has 20 heavy (non-hydrogen) atoms. The molecule has 0 aliphatic carbocycles. The maximum atomic E-state index is 13.0. The lowest BCUT2D eigenvalue weighted by molar-refractivity contribution is 0.246. The van der Waals surface area contributed by atoms with Gasteiger partial charge in [0.1, 0.15) is 17.7 Å². The van der Waals surface area contributed by atoms with E-state index < -0.39 is 0 Å². The van der Waals surface area contributed by atoms with E-state index in [-0.39, 0.29) is 11.9 Å². The fraction of sp³-hybridized carbons (Fsp3) is 0.200. The summed E-state index contributed by atoms with van der Waals surface area (Å²) in [6.45, 7) is 0.595. The third-order valence-electron chi connectivity index (χ3n) is 3.22. The first-order valence-electron chi connectivity index (χ1n) is 6.26. The maximum absolute atomic E-state index is 13.0. The number of hydrogen-bond acceptors (Lipinski definition) is 2. The van der Waals surface area contributed by atoms with Gasteiger partial charge < -0.3 is 10.1 Å². The highest BCUT2D eigenvalue weighted by atomic mass is 35.5. The molecule has 0 aromatic heterocycles. The summed E-state index contributed by atoms with van der Waals surface area (Å²) in [5, 5.41) is 4.25. The van der Waals surface area contributed by atoms with Crippen molar-refractivity contribution < 1.29 is 9.13 Å². The summed E-state index contributed by atoms with van der Waals surface area (Å²) in [6, 6.07) is 9.89. The van der Waals surface area contributed by atoms with Crippen LogP contribution in [0, 0.1) is 5.82 Å². The Hall–Kier alpha value is -1.45. The van der Waals surface area contributed by atoms with E-state index in [1.807, 2.05) is 18.2 Å². The summed E-state index contributed by atoms with van der Waals surface area (Å²) in [5.41, 5.74) is 1.81. The second-order valence-corrected chi connectivity index (χ2v) is 5.54. The Morgan fingerprint density at radius 2 is 2.05 bits per heavy atom. The van der Waals surface area contributed by atoms with Gasteiger partial charge in [-0.05, 0) is 42.0 Å². The maximum Gasteiger partial charge on any atom is 0.124 e. The lowest BCUT2D eigenvalue weighted by atomic mass is 10.1. The van der Waals surface area contributed by atoms with Crippen LogP contribution in [0.5, 0.6) is 5.75 Å². The van der Waals surface area contributed by atoms with Gasteiger partial charge in [0, 0.05) is 11.4 Å². The molecule has 2 aromatic rings. The number of halogens is 3. The summed E-state index contributed by atoms with van der Waals surface area (Å²) >= 11 is 11.9. The first kappa shape index (κ1) is 13.5. The second-order valence-electron chi connectivity index (χ2n) is 4.70. The van der Waals surface area contributed by atoms with Crippen LogP contribution in [-0.2, 0) is 6.42 Å². The minimum atomic E-state index is -0.347. The minimum Gasteiger partial charge on any atom is -0.488 e. The quantitative estimate of drug-likeness (QED) is 0.898. The fourth-order valence-electron chi connectivity index (χ4n) is 2.26. The van der Waals surface area contributed by atoms with Gasteiger partial charge in [-0.15, -0.1) is 0 Å². The first-order valence-corrected chi connectivity index (χ1v) is 7.01. The van der Waals surface area contributed by atoms with Gasteiger partial charge in [-0.3, -0.25) is 0 Å². The molecule has 2 aromatic carbocycles. The van der Waals surface area contributed by atoms with E-state index in [2.05, 4.69) is 5.32 Å². The molecule has 0 saturated heterocycles. The van der Waals surface area contributed by atoms with E-state index >= 15 is 0 Å². The van der Waals surface area contributed by atoms with Gasteiger partial charge >= 0.3 is 0 Å². The molecule has 0 radical (unpaired) electrons. The highest BCUT2D eigenvalue weighted by molar-refractivity contribution is 6.33. The molecule has 0 fully saturated rings. The fourth-order valence-corrected chi connectivity index (χ4v) is 2.69. The summed E-state index contributed by atoms with van der Waals surface area (Å²) < 4.78 is 18.8. The van der Waals surface area contributed by atoms with Crippen LogP contribution in [0.3, 0.4) is 0 Å². The zero-order valence-corrected chi connectivity index (χ0v) is 12.0. The summed E-state index contributed by atoms with van der Waals surface area (Å²) in [4.78, 5) is 0. The first-order chi connectivity index (χ1) is 9.61. The molecular formula is C15H12Cl2FNO. The number of benzene rings is 2. The van der Waals surface area contributed by atoms with Gasteiger partial charge in [0.2, 0.25) is 0 Å².